The van der Waals surface area contributed by atoms with Crippen molar-refractivity contribution < 1.29 is 4.74 Å². The van der Waals surface area contributed by atoms with E-state index in [0.717, 1.165) is 38.1 Å². The second-order valence-electron chi connectivity index (χ2n) is 6.21. The molecule has 0 bridgehead atoms. The van der Waals surface area contributed by atoms with Gasteiger partial charge in [-0.25, -0.2) is 0 Å². The first-order valence-corrected chi connectivity index (χ1v) is 8.50. The number of benzene rings is 1. The van der Waals surface area contributed by atoms with Gasteiger partial charge in [0, 0.05) is 37.0 Å². The molecule has 3 heteroatoms. The number of para-hydroxylation sites is 1. The zero-order chi connectivity index (χ0) is 15.4. The van der Waals surface area contributed by atoms with E-state index in [1.54, 1.807) is 0 Å². The van der Waals surface area contributed by atoms with Gasteiger partial charge in [-0.05, 0) is 44.2 Å². The van der Waals surface area contributed by atoms with Crippen molar-refractivity contribution in [3.63, 3.8) is 0 Å². The van der Waals surface area contributed by atoms with Gasteiger partial charge in [0.1, 0.15) is 0 Å². The van der Waals surface area contributed by atoms with E-state index >= 15 is 0 Å². The summed E-state index contributed by atoms with van der Waals surface area (Å²) in [4.78, 5) is 7.08. The van der Waals surface area contributed by atoms with E-state index in [-0.39, 0.29) is 0 Å². The van der Waals surface area contributed by atoms with Gasteiger partial charge in [0.05, 0.1) is 11.6 Å². The molecule has 1 saturated heterocycles. The molecule has 0 radical (unpaired) electrons. The predicted molar refractivity (Wildman–Crippen MR) is 92.6 cm³/mol. The Morgan fingerprint density at radius 2 is 2.14 bits per heavy atom. The van der Waals surface area contributed by atoms with Crippen LogP contribution in [0.4, 0.5) is 5.69 Å². The zero-order valence-corrected chi connectivity index (χ0v) is 13.7. The van der Waals surface area contributed by atoms with Crippen molar-refractivity contribution in [2.75, 3.05) is 24.6 Å². The number of hydrogen-bond acceptors (Lipinski definition) is 3. The molecule has 118 valence electrons. The van der Waals surface area contributed by atoms with Gasteiger partial charge in [0.2, 0.25) is 0 Å². The Morgan fingerprint density at radius 3 is 3.00 bits per heavy atom. The normalized spacial score (nSPS) is 19.4. The van der Waals surface area contributed by atoms with Crippen molar-refractivity contribution in [3.8, 4) is 0 Å². The Balaban J connectivity index is 1.81. The second kappa shape index (κ2) is 7.10. The number of nitrogens with zero attached hydrogens (tertiary/aromatic N) is 2. The molecule has 2 heterocycles. The van der Waals surface area contributed by atoms with Gasteiger partial charge in [0.25, 0.3) is 0 Å². The molecule has 0 amide bonds. The van der Waals surface area contributed by atoms with Crippen LogP contribution in [0.2, 0.25) is 0 Å². The molecule has 0 saturated carbocycles. The monoisotopic (exact) mass is 298 g/mol. The minimum Gasteiger partial charge on any atom is -0.378 e. The number of ether oxygens (including phenoxy) is 1. The van der Waals surface area contributed by atoms with E-state index in [1.807, 2.05) is 6.20 Å². The van der Waals surface area contributed by atoms with Crippen molar-refractivity contribution in [2.24, 2.45) is 0 Å². The van der Waals surface area contributed by atoms with Crippen molar-refractivity contribution in [1.29, 1.82) is 0 Å². The molecule has 0 aliphatic carbocycles. The first kappa shape index (κ1) is 15.3. The van der Waals surface area contributed by atoms with E-state index in [2.05, 4.69) is 48.0 Å². The van der Waals surface area contributed by atoms with Crippen LogP contribution in [0.1, 0.15) is 38.2 Å². The number of rotatable bonds is 4. The van der Waals surface area contributed by atoms with E-state index in [9.17, 15) is 0 Å². The maximum atomic E-state index is 5.96. The second-order valence-corrected chi connectivity index (χ2v) is 6.21. The first-order valence-electron chi connectivity index (χ1n) is 8.50. The largest absolute Gasteiger partial charge is 0.378 e. The highest BCUT2D eigenvalue weighted by atomic mass is 16.5. The van der Waals surface area contributed by atoms with Crippen LogP contribution in [0.5, 0.6) is 0 Å². The molecule has 1 aromatic carbocycles. The summed E-state index contributed by atoms with van der Waals surface area (Å²) in [6.07, 6.45) is 6.98. The molecule has 1 fully saturated rings. The number of aromatic nitrogens is 1. The lowest BCUT2D eigenvalue weighted by Gasteiger charge is -2.24. The lowest BCUT2D eigenvalue weighted by Crippen LogP contribution is -2.25. The molecule has 3 nitrogen and oxygen atoms in total. The third-order valence-electron chi connectivity index (χ3n) is 4.52. The lowest BCUT2D eigenvalue weighted by atomic mass is 10.1. The molecule has 3 rings (SSSR count). The Bertz CT molecular complexity index is 626. The highest BCUT2D eigenvalue weighted by Gasteiger charge is 2.19. The molecule has 1 aliphatic rings. The van der Waals surface area contributed by atoms with Crippen LogP contribution in [-0.4, -0.2) is 30.8 Å². The molecular formula is C19H26N2O. The van der Waals surface area contributed by atoms with Crippen molar-refractivity contribution in [1.82, 2.24) is 4.98 Å². The quantitative estimate of drug-likeness (QED) is 0.840. The predicted octanol–water partition coefficient (Wildman–Crippen LogP) is 4.33. The third kappa shape index (κ3) is 3.25. The smallest absolute Gasteiger partial charge is 0.0751 e. The standard InChI is InChI=1S/C19H26N2O/c1-3-14-22-16-7-5-12-21(13-10-16)18-9-11-20-19-15(2)6-4-8-17(18)19/h4,6,8-9,11,16H,3,5,7,10,12-14H2,1-2H3. The maximum absolute atomic E-state index is 5.96. The fraction of sp³-hybridized carbons (Fsp3) is 0.526. The van der Waals surface area contributed by atoms with Crippen LogP contribution >= 0.6 is 0 Å². The summed E-state index contributed by atoms with van der Waals surface area (Å²) in [6, 6.07) is 8.62. The maximum Gasteiger partial charge on any atom is 0.0751 e. The van der Waals surface area contributed by atoms with Crippen LogP contribution in [0, 0.1) is 6.92 Å². The van der Waals surface area contributed by atoms with E-state index in [4.69, 9.17) is 4.74 Å². The summed E-state index contributed by atoms with van der Waals surface area (Å²) in [6.45, 7) is 7.38. The lowest BCUT2D eigenvalue weighted by molar-refractivity contribution is 0.0461. The summed E-state index contributed by atoms with van der Waals surface area (Å²) >= 11 is 0. The minimum atomic E-state index is 0.430. The van der Waals surface area contributed by atoms with E-state index in [0.29, 0.717) is 6.10 Å². The van der Waals surface area contributed by atoms with E-state index in [1.165, 1.54) is 29.5 Å². The SMILES string of the molecule is CCCOC1CCCN(c2ccnc3c(C)cccc23)CC1. The van der Waals surface area contributed by atoms with Crippen molar-refractivity contribution in [2.45, 2.75) is 45.6 Å². The van der Waals surface area contributed by atoms with Crippen LogP contribution in [-0.2, 0) is 4.74 Å². The number of anilines is 1. The molecule has 1 unspecified atom stereocenters. The van der Waals surface area contributed by atoms with Gasteiger partial charge < -0.3 is 9.64 Å². The number of pyridine rings is 1. The molecule has 22 heavy (non-hydrogen) atoms. The van der Waals surface area contributed by atoms with E-state index < -0.39 is 0 Å². The highest BCUT2D eigenvalue weighted by Crippen LogP contribution is 2.29. The van der Waals surface area contributed by atoms with Gasteiger partial charge in [-0.15, -0.1) is 0 Å². The summed E-state index contributed by atoms with van der Waals surface area (Å²) in [5, 5.41) is 1.27. The Labute approximate surface area is 133 Å². The summed E-state index contributed by atoms with van der Waals surface area (Å²) in [5.41, 5.74) is 3.70. The summed E-state index contributed by atoms with van der Waals surface area (Å²) in [7, 11) is 0. The molecular weight excluding hydrogens is 272 g/mol. The Morgan fingerprint density at radius 1 is 1.23 bits per heavy atom. The van der Waals surface area contributed by atoms with Gasteiger partial charge in [-0.2, -0.15) is 0 Å². The average Bonchev–Trinajstić information content (AvgIpc) is 2.78. The Kier molecular flexibility index (Phi) is 4.94. The highest BCUT2D eigenvalue weighted by molar-refractivity contribution is 5.93. The van der Waals surface area contributed by atoms with Gasteiger partial charge in [-0.3, -0.25) is 4.98 Å². The average molecular weight is 298 g/mol. The third-order valence-corrected chi connectivity index (χ3v) is 4.52. The van der Waals surface area contributed by atoms with Crippen LogP contribution in [0.15, 0.2) is 30.5 Å². The van der Waals surface area contributed by atoms with Crippen LogP contribution < -0.4 is 4.90 Å². The molecule has 0 spiro atoms. The van der Waals surface area contributed by atoms with Gasteiger partial charge >= 0.3 is 0 Å². The van der Waals surface area contributed by atoms with Crippen molar-refractivity contribution in [3.05, 3.63) is 36.0 Å². The molecule has 1 aromatic heterocycles. The van der Waals surface area contributed by atoms with Crippen LogP contribution in [0.25, 0.3) is 10.9 Å². The van der Waals surface area contributed by atoms with Crippen LogP contribution in [0.3, 0.4) is 0 Å². The first-order chi connectivity index (χ1) is 10.8. The molecule has 2 aromatic rings. The molecule has 1 atom stereocenters. The molecule has 1 aliphatic heterocycles. The topological polar surface area (TPSA) is 25.4 Å². The zero-order valence-electron chi connectivity index (χ0n) is 13.7. The number of fused-ring (bicyclic) bond motifs is 1. The fourth-order valence-corrected chi connectivity index (χ4v) is 3.34. The van der Waals surface area contributed by atoms with Crippen molar-refractivity contribution >= 4 is 16.6 Å². The minimum absolute atomic E-state index is 0.430. The number of aryl methyl sites for hydroxylation is 1. The van der Waals surface area contributed by atoms with Gasteiger partial charge in [0.15, 0.2) is 0 Å². The number of hydrogen-bond donors (Lipinski definition) is 0. The fourth-order valence-electron chi connectivity index (χ4n) is 3.34. The molecule has 0 N–H and O–H groups in total. The van der Waals surface area contributed by atoms with Gasteiger partial charge in [-0.1, -0.05) is 25.1 Å². The summed E-state index contributed by atoms with van der Waals surface area (Å²) in [5.74, 6) is 0. The Hall–Kier alpha value is -1.61. The summed E-state index contributed by atoms with van der Waals surface area (Å²) < 4.78 is 5.96.